The van der Waals surface area contributed by atoms with Crippen LogP contribution < -0.4 is 0 Å². The normalized spacial score (nSPS) is 29.0. The summed E-state index contributed by atoms with van der Waals surface area (Å²) in [4.78, 5) is 10.9. The van der Waals surface area contributed by atoms with Crippen molar-refractivity contribution < 1.29 is 14.6 Å². The number of aliphatic carboxylic acids is 1. The minimum absolute atomic E-state index is 0.146. The van der Waals surface area contributed by atoms with Crippen LogP contribution in [0.2, 0.25) is 0 Å². The van der Waals surface area contributed by atoms with Crippen molar-refractivity contribution in [3.8, 4) is 0 Å². The molecule has 1 aliphatic heterocycles. The highest BCUT2D eigenvalue weighted by Crippen LogP contribution is 2.38. The number of ether oxygens (including phenoxy) is 1. The van der Waals surface area contributed by atoms with Crippen LogP contribution in [0.15, 0.2) is 0 Å². The Morgan fingerprint density at radius 2 is 2.43 bits per heavy atom. The Hall–Kier alpha value is -0.220. The van der Waals surface area contributed by atoms with E-state index in [0.29, 0.717) is 5.92 Å². The van der Waals surface area contributed by atoms with Crippen molar-refractivity contribution in [1.29, 1.82) is 0 Å². The van der Waals surface area contributed by atoms with E-state index in [1.807, 2.05) is 0 Å². The molecule has 0 radical (unpaired) electrons. The summed E-state index contributed by atoms with van der Waals surface area (Å²) in [6.45, 7) is 2.85. The smallest absolute Gasteiger partial charge is 0.307 e. The maximum Gasteiger partial charge on any atom is 0.307 e. The minimum Gasteiger partial charge on any atom is -0.481 e. The van der Waals surface area contributed by atoms with Crippen LogP contribution in [-0.2, 0) is 9.53 Å². The van der Waals surface area contributed by atoms with Crippen LogP contribution in [0, 0.1) is 11.8 Å². The number of carbonyl (C=O) groups is 1. The fraction of sp³-hybridized carbons (Fsp3) is 0.900. The summed E-state index contributed by atoms with van der Waals surface area (Å²) in [5, 5.41) is 9.29. The molecule has 1 N–H and O–H groups in total. The van der Waals surface area contributed by atoms with Crippen molar-refractivity contribution in [2.24, 2.45) is 11.8 Å². The molecule has 1 aliphatic rings. The van der Waals surface area contributed by atoms with E-state index in [9.17, 15) is 4.79 Å². The maximum absolute atomic E-state index is 10.9. The third kappa shape index (κ3) is 2.89. The van der Waals surface area contributed by atoms with E-state index < -0.39 is 5.97 Å². The number of hydrogen-bond donors (Lipinski definition) is 1. The Labute approximate surface area is 89.2 Å². The zero-order chi connectivity index (χ0) is 10.6. The molecule has 0 aliphatic carbocycles. The van der Waals surface area contributed by atoms with Crippen molar-refractivity contribution in [1.82, 2.24) is 0 Å². The van der Waals surface area contributed by atoms with Gasteiger partial charge in [-0.2, -0.15) is 11.8 Å². The Morgan fingerprint density at radius 1 is 1.71 bits per heavy atom. The van der Waals surface area contributed by atoms with Gasteiger partial charge < -0.3 is 9.84 Å². The summed E-state index contributed by atoms with van der Waals surface area (Å²) >= 11 is 1.80. The van der Waals surface area contributed by atoms with Gasteiger partial charge in [-0.25, -0.2) is 0 Å². The second-order valence-electron chi connectivity index (χ2n) is 3.83. The van der Waals surface area contributed by atoms with Crippen LogP contribution in [0.1, 0.15) is 19.8 Å². The molecule has 1 fully saturated rings. The van der Waals surface area contributed by atoms with Gasteiger partial charge in [-0.3, -0.25) is 4.79 Å². The fourth-order valence-electron chi connectivity index (χ4n) is 1.90. The lowest BCUT2D eigenvalue weighted by atomic mass is 9.91. The number of hydrogen-bond acceptors (Lipinski definition) is 3. The molecule has 3 atom stereocenters. The molecule has 14 heavy (non-hydrogen) atoms. The van der Waals surface area contributed by atoms with Gasteiger partial charge in [0, 0.05) is 19.0 Å². The third-order valence-electron chi connectivity index (χ3n) is 2.79. The molecule has 0 spiro atoms. The summed E-state index contributed by atoms with van der Waals surface area (Å²) in [7, 11) is 1.68. The van der Waals surface area contributed by atoms with Crippen LogP contribution in [0.4, 0.5) is 0 Å². The largest absolute Gasteiger partial charge is 0.481 e. The van der Waals surface area contributed by atoms with Crippen molar-refractivity contribution >= 4 is 17.7 Å². The topological polar surface area (TPSA) is 46.5 Å². The summed E-state index contributed by atoms with van der Waals surface area (Å²) in [5.41, 5.74) is 0. The van der Waals surface area contributed by atoms with Crippen molar-refractivity contribution in [2.45, 2.75) is 25.0 Å². The Morgan fingerprint density at radius 3 is 3.00 bits per heavy atom. The lowest BCUT2D eigenvalue weighted by Crippen LogP contribution is -2.27. The SMILES string of the molecule is COCCC(C)C1SCCC1C(=O)O. The highest BCUT2D eigenvalue weighted by molar-refractivity contribution is 8.00. The molecular weight excluding hydrogens is 200 g/mol. The van der Waals surface area contributed by atoms with Gasteiger partial charge in [0.25, 0.3) is 0 Å². The first-order valence-electron chi connectivity index (χ1n) is 5.00. The van der Waals surface area contributed by atoms with Gasteiger partial charge in [-0.15, -0.1) is 0 Å². The van der Waals surface area contributed by atoms with Gasteiger partial charge in [0.05, 0.1) is 5.92 Å². The van der Waals surface area contributed by atoms with E-state index in [0.717, 1.165) is 25.2 Å². The molecule has 1 heterocycles. The van der Waals surface area contributed by atoms with Gasteiger partial charge >= 0.3 is 5.97 Å². The number of carboxylic acid groups (broad SMARTS) is 1. The standard InChI is InChI=1S/C10H18O3S/c1-7(3-5-13-2)9-8(10(11)12)4-6-14-9/h7-9H,3-6H2,1-2H3,(H,11,12). The van der Waals surface area contributed by atoms with E-state index in [1.54, 1.807) is 18.9 Å². The summed E-state index contributed by atoms with van der Waals surface area (Å²) in [6, 6.07) is 0. The second kappa shape index (κ2) is 5.61. The Kier molecular flexibility index (Phi) is 4.75. The van der Waals surface area contributed by atoms with Crippen molar-refractivity contribution in [2.75, 3.05) is 19.5 Å². The lowest BCUT2D eigenvalue weighted by Gasteiger charge is -2.21. The van der Waals surface area contributed by atoms with E-state index in [1.165, 1.54) is 0 Å². The average molecular weight is 218 g/mol. The van der Waals surface area contributed by atoms with Gasteiger partial charge in [0.15, 0.2) is 0 Å². The van der Waals surface area contributed by atoms with Crippen LogP contribution >= 0.6 is 11.8 Å². The quantitative estimate of drug-likeness (QED) is 0.765. The molecule has 4 heteroatoms. The molecule has 0 amide bonds. The molecule has 0 bridgehead atoms. The minimum atomic E-state index is -0.635. The highest BCUT2D eigenvalue weighted by Gasteiger charge is 2.36. The van der Waals surface area contributed by atoms with E-state index in [2.05, 4.69) is 6.92 Å². The number of methoxy groups -OCH3 is 1. The van der Waals surface area contributed by atoms with Gasteiger partial charge in [0.2, 0.25) is 0 Å². The van der Waals surface area contributed by atoms with Gasteiger partial charge in [0.1, 0.15) is 0 Å². The van der Waals surface area contributed by atoms with Crippen LogP contribution in [0.25, 0.3) is 0 Å². The molecule has 1 saturated heterocycles. The predicted octanol–water partition coefficient (Wildman–Crippen LogP) is 1.87. The number of carboxylic acids is 1. The third-order valence-corrected chi connectivity index (χ3v) is 4.44. The molecule has 3 unspecified atom stereocenters. The molecule has 82 valence electrons. The number of rotatable bonds is 5. The van der Waals surface area contributed by atoms with Gasteiger partial charge in [-0.05, 0) is 24.5 Å². The zero-order valence-electron chi connectivity index (χ0n) is 8.73. The van der Waals surface area contributed by atoms with Gasteiger partial charge in [-0.1, -0.05) is 6.92 Å². The summed E-state index contributed by atoms with van der Waals surface area (Å²) < 4.78 is 5.01. The first-order valence-corrected chi connectivity index (χ1v) is 6.05. The first-order chi connectivity index (χ1) is 6.66. The summed E-state index contributed by atoms with van der Waals surface area (Å²) in [5.74, 6) is 0.638. The molecular formula is C10H18O3S. The fourth-order valence-corrected chi connectivity index (χ4v) is 3.52. The molecule has 0 aromatic rings. The van der Waals surface area contributed by atoms with E-state index in [4.69, 9.17) is 9.84 Å². The monoisotopic (exact) mass is 218 g/mol. The average Bonchev–Trinajstić information content (AvgIpc) is 2.62. The van der Waals surface area contributed by atoms with E-state index in [-0.39, 0.29) is 11.2 Å². The van der Waals surface area contributed by atoms with Crippen molar-refractivity contribution in [3.05, 3.63) is 0 Å². The molecule has 0 saturated carbocycles. The summed E-state index contributed by atoms with van der Waals surface area (Å²) in [6.07, 6.45) is 1.78. The van der Waals surface area contributed by atoms with Crippen molar-refractivity contribution in [3.63, 3.8) is 0 Å². The zero-order valence-corrected chi connectivity index (χ0v) is 9.55. The predicted molar refractivity (Wildman–Crippen MR) is 57.6 cm³/mol. The second-order valence-corrected chi connectivity index (χ2v) is 5.11. The van der Waals surface area contributed by atoms with Crippen LogP contribution in [0.5, 0.6) is 0 Å². The molecule has 1 rings (SSSR count). The molecule has 0 aromatic carbocycles. The Balaban J connectivity index is 2.44. The highest BCUT2D eigenvalue weighted by atomic mass is 32.2. The van der Waals surface area contributed by atoms with E-state index >= 15 is 0 Å². The number of thioether (sulfide) groups is 1. The Bertz CT molecular complexity index is 196. The lowest BCUT2D eigenvalue weighted by molar-refractivity contribution is -0.141. The molecule has 0 aromatic heterocycles. The van der Waals surface area contributed by atoms with Crippen LogP contribution in [0.3, 0.4) is 0 Å². The maximum atomic E-state index is 10.9. The first kappa shape index (κ1) is 11.9. The molecule has 3 nitrogen and oxygen atoms in total. The van der Waals surface area contributed by atoms with Crippen LogP contribution in [-0.4, -0.2) is 35.8 Å².